The molecule has 32 valence electrons. The maximum Gasteiger partial charge on any atom is 1.00 e. The van der Waals surface area contributed by atoms with Crippen molar-refractivity contribution in [2.24, 2.45) is 0 Å². The number of nitrogens with zero attached hydrogens (tertiary/aromatic N) is 2. The van der Waals surface area contributed by atoms with Gasteiger partial charge in [-0.05, 0) is 6.07 Å². The van der Waals surface area contributed by atoms with Gasteiger partial charge in [0.15, 0.2) is 0 Å². The van der Waals surface area contributed by atoms with Crippen LogP contribution in [0.25, 0.3) is 0 Å². The van der Waals surface area contributed by atoms with Crippen molar-refractivity contribution in [3.8, 4) is 0 Å². The van der Waals surface area contributed by atoms with E-state index in [4.69, 9.17) is 0 Å². The van der Waals surface area contributed by atoms with Crippen LogP contribution in [0.3, 0.4) is 0 Å². The molecule has 1 aromatic heterocycles. The molecule has 0 amide bonds. The Morgan fingerprint density at radius 2 is 2.29 bits per heavy atom. The first-order chi connectivity index (χ1) is 2.89. The Morgan fingerprint density at radius 1 is 1.57 bits per heavy atom. The maximum absolute atomic E-state index is 9.88. The van der Waals surface area contributed by atoms with E-state index in [2.05, 4.69) is 5.10 Å². The van der Waals surface area contributed by atoms with E-state index in [9.17, 15) is 5.21 Å². The van der Waals surface area contributed by atoms with E-state index in [1.54, 1.807) is 6.07 Å². The van der Waals surface area contributed by atoms with E-state index in [-0.39, 0.29) is 29.6 Å². The number of aromatic nitrogens is 2. The minimum Gasteiger partial charge on any atom is -0.790 e. The molecule has 0 aliphatic carbocycles. The van der Waals surface area contributed by atoms with Crippen molar-refractivity contribution < 1.29 is 29.6 Å². The monoisotopic (exact) mass is 106 g/mol. The van der Waals surface area contributed by atoms with Gasteiger partial charge in [-0.2, -0.15) is 5.10 Å². The van der Waals surface area contributed by atoms with E-state index < -0.39 is 0 Å². The fourth-order valence-corrected chi connectivity index (χ4v) is 0.255. The Balaban J connectivity index is 0.000000360. The maximum atomic E-state index is 9.88. The van der Waals surface area contributed by atoms with Crippen molar-refractivity contribution in [2.45, 2.75) is 0 Å². The normalized spacial score (nSPS) is 7.43. The molecule has 0 N–H and O–H groups in total. The molecule has 0 aliphatic rings. The van der Waals surface area contributed by atoms with Gasteiger partial charge in [-0.1, -0.05) is 0 Å². The van der Waals surface area contributed by atoms with Crippen molar-refractivity contribution in [3.05, 3.63) is 23.7 Å². The van der Waals surface area contributed by atoms with Crippen molar-refractivity contribution in [2.75, 3.05) is 0 Å². The Kier molecular flexibility index (Phi) is 3.07. The van der Waals surface area contributed by atoms with Gasteiger partial charge in [0, 0.05) is 12.4 Å². The van der Waals surface area contributed by atoms with Crippen LogP contribution >= 0.6 is 0 Å². The van der Waals surface area contributed by atoms with Crippen LogP contribution in [0.2, 0.25) is 0 Å². The van der Waals surface area contributed by atoms with Gasteiger partial charge in [0.25, 0.3) is 0 Å². The smallest absolute Gasteiger partial charge is 0.790 e. The molecule has 1 rings (SSSR count). The summed E-state index contributed by atoms with van der Waals surface area (Å²) in [6.07, 6.45) is 2.77. The Bertz CT molecular complexity index is 116. The van der Waals surface area contributed by atoms with Crippen molar-refractivity contribution in [3.63, 3.8) is 0 Å². The van der Waals surface area contributed by atoms with Gasteiger partial charge in [-0.3, -0.25) is 0 Å². The zero-order valence-corrected chi connectivity index (χ0v) is 6.03. The van der Waals surface area contributed by atoms with Crippen LogP contribution in [0.15, 0.2) is 18.5 Å². The van der Waals surface area contributed by atoms with E-state index >= 15 is 0 Å². The van der Waals surface area contributed by atoms with Crippen LogP contribution in [0, 0.1) is 5.21 Å². The first kappa shape index (κ1) is 7.01. The van der Waals surface area contributed by atoms with Crippen LogP contribution in [0.1, 0.15) is 0 Å². The second-order valence-electron chi connectivity index (χ2n) is 0.909. The molecular weight excluding hydrogens is 103 g/mol. The van der Waals surface area contributed by atoms with Gasteiger partial charge in [-0.15, -0.1) is 0 Å². The summed E-state index contributed by atoms with van der Waals surface area (Å²) >= 11 is 0. The first-order valence-electron chi connectivity index (χ1n) is 1.57. The Hall–Kier alpha value is 0.0100. The molecule has 7 heavy (non-hydrogen) atoms. The molecule has 1 heterocycles. The second kappa shape index (κ2) is 3.07. The van der Waals surface area contributed by atoms with Gasteiger partial charge in [0.1, 0.15) is 0 Å². The van der Waals surface area contributed by atoms with Crippen molar-refractivity contribution >= 4 is 0 Å². The summed E-state index contributed by atoms with van der Waals surface area (Å²) < 4.78 is 0. The molecule has 0 saturated heterocycles. The van der Waals surface area contributed by atoms with Crippen LogP contribution < -0.4 is 29.6 Å². The summed E-state index contributed by atoms with van der Waals surface area (Å²) in [6, 6.07) is 1.58. The van der Waals surface area contributed by atoms with Gasteiger partial charge >= 0.3 is 29.6 Å². The fraction of sp³-hybridized carbons (Fsp3) is 0. The topological polar surface area (TPSA) is 40.9 Å². The van der Waals surface area contributed by atoms with Crippen molar-refractivity contribution in [1.29, 1.82) is 0 Å². The van der Waals surface area contributed by atoms with E-state index in [0.29, 0.717) is 4.85 Å². The zero-order valence-electron chi connectivity index (χ0n) is 4.03. The summed E-state index contributed by atoms with van der Waals surface area (Å²) in [7, 11) is 0. The minimum absolute atomic E-state index is 0. The number of rotatable bonds is 0. The third-order valence-electron chi connectivity index (χ3n) is 0.480. The molecule has 0 saturated carbocycles. The predicted molar refractivity (Wildman–Crippen MR) is 21.0 cm³/mol. The molecule has 0 fully saturated rings. The van der Waals surface area contributed by atoms with Gasteiger partial charge in [0.05, 0.1) is 0 Å². The van der Waals surface area contributed by atoms with Crippen LogP contribution in [0.4, 0.5) is 0 Å². The van der Waals surface area contributed by atoms with E-state index in [1.165, 1.54) is 12.4 Å². The summed E-state index contributed by atoms with van der Waals surface area (Å²) in [5.74, 6) is 0. The molecule has 0 spiro atoms. The average molecular weight is 106 g/mol. The third kappa shape index (κ3) is 1.97. The summed E-state index contributed by atoms with van der Waals surface area (Å²) in [5, 5.41) is 13.2. The summed E-state index contributed by atoms with van der Waals surface area (Å²) in [6.45, 7) is 0. The zero-order chi connectivity index (χ0) is 4.41. The molecule has 0 unspecified atom stereocenters. The molecule has 4 heteroatoms. The summed E-state index contributed by atoms with van der Waals surface area (Å²) in [5.41, 5.74) is 0. The quantitative estimate of drug-likeness (QED) is 0.336. The number of hydrogen-bond donors (Lipinski definition) is 0. The molecule has 0 aromatic carbocycles. The molecule has 0 aliphatic heterocycles. The first-order valence-corrected chi connectivity index (χ1v) is 1.57. The molecular formula is C3H3N2NaO. The largest absolute Gasteiger partial charge is 1.00 e. The van der Waals surface area contributed by atoms with Gasteiger partial charge < -0.3 is 10.1 Å². The van der Waals surface area contributed by atoms with Crippen LogP contribution in [0.5, 0.6) is 0 Å². The minimum atomic E-state index is 0. The van der Waals surface area contributed by atoms with Crippen molar-refractivity contribution in [1.82, 2.24) is 9.94 Å². The molecule has 0 bridgehead atoms. The predicted octanol–water partition coefficient (Wildman–Crippen LogP) is -2.77. The molecule has 0 radical (unpaired) electrons. The third-order valence-corrected chi connectivity index (χ3v) is 0.480. The van der Waals surface area contributed by atoms with E-state index in [1.807, 2.05) is 0 Å². The Labute approximate surface area is 63.2 Å². The van der Waals surface area contributed by atoms with Gasteiger partial charge in [-0.25, -0.2) is 0 Å². The van der Waals surface area contributed by atoms with Gasteiger partial charge in [0.2, 0.25) is 0 Å². The second-order valence-corrected chi connectivity index (χ2v) is 0.909. The fourth-order valence-electron chi connectivity index (χ4n) is 0.255. The molecule has 0 atom stereocenters. The number of hydrogen-bond acceptors (Lipinski definition) is 2. The Morgan fingerprint density at radius 3 is 2.43 bits per heavy atom. The average Bonchev–Trinajstić information content (AvgIpc) is 1.86. The van der Waals surface area contributed by atoms with Crippen LogP contribution in [-0.4, -0.2) is 9.94 Å². The summed E-state index contributed by atoms with van der Waals surface area (Å²) in [4.78, 5) is 0.500. The molecule has 3 nitrogen and oxygen atoms in total. The van der Waals surface area contributed by atoms with Crippen LogP contribution in [-0.2, 0) is 0 Å². The van der Waals surface area contributed by atoms with E-state index in [0.717, 1.165) is 0 Å². The SMILES string of the molecule is [Na+].[O-]n1cccn1. The standard InChI is InChI=1S/C3H3N2O.Na/c6-5-3-1-2-4-5;/h1-3H;/q-1;+1. The molecule has 1 aromatic rings.